The zero-order valence-corrected chi connectivity index (χ0v) is 16.7. The highest BCUT2D eigenvalue weighted by atomic mass is 16.5. The number of carbonyl (C=O) groups is 1. The number of likely N-dealkylation sites (N-methyl/N-ethyl adjacent to an activating group) is 1. The lowest BCUT2D eigenvalue weighted by Gasteiger charge is -2.31. The summed E-state index contributed by atoms with van der Waals surface area (Å²) in [5.41, 5.74) is 3.19. The molecule has 1 aliphatic carbocycles. The number of hydrogen-bond acceptors (Lipinski definition) is 4. The van der Waals surface area contributed by atoms with Crippen molar-refractivity contribution in [2.24, 2.45) is 0 Å². The molecule has 1 saturated heterocycles. The first-order valence-corrected chi connectivity index (χ1v) is 10.2. The number of fused-ring (bicyclic) bond motifs is 1. The monoisotopic (exact) mass is 362 g/mol. The highest BCUT2D eigenvalue weighted by molar-refractivity contribution is 5.94. The Morgan fingerprint density at radius 1 is 1.27 bits per heavy atom. The summed E-state index contributed by atoms with van der Waals surface area (Å²) in [7, 11) is 3.91. The molecule has 1 unspecified atom stereocenters. The van der Waals surface area contributed by atoms with Gasteiger partial charge in [0.05, 0.1) is 6.61 Å². The van der Waals surface area contributed by atoms with Gasteiger partial charge in [0, 0.05) is 50.6 Å². The Balaban J connectivity index is 1.81. The van der Waals surface area contributed by atoms with Crippen LogP contribution in [-0.2, 0) is 24.1 Å². The number of aromatic nitrogens is 2. The van der Waals surface area contributed by atoms with Crippen molar-refractivity contribution in [3.05, 3.63) is 17.0 Å². The van der Waals surface area contributed by atoms with Crippen molar-refractivity contribution in [1.82, 2.24) is 19.6 Å². The minimum absolute atomic E-state index is 0.149. The van der Waals surface area contributed by atoms with E-state index in [0.29, 0.717) is 11.7 Å². The second-order valence-corrected chi connectivity index (χ2v) is 7.67. The molecule has 0 bridgehead atoms. The molecule has 3 rings (SSSR count). The van der Waals surface area contributed by atoms with Gasteiger partial charge in [-0.2, -0.15) is 5.10 Å². The van der Waals surface area contributed by atoms with E-state index in [0.717, 1.165) is 64.9 Å². The maximum absolute atomic E-state index is 13.2. The maximum atomic E-state index is 13.2. The summed E-state index contributed by atoms with van der Waals surface area (Å²) >= 11 is 0. The maximum Gasteiger partial charge on any atom is 0.274 e. The van der Waals surface area contributed by atoms with E-state index in [4.69, 9.17) is 9.84 Å². The molecule has 146 valence electrons. The van der Waals surface area contributed by atoms with Gasteiger partial charge in [0.2, 0.25) is 0 Å². The molecule has 26 heavy (non-hydrogen) atoms. The van der Waals surface area contributed by atoms with E-state index < -0.39 is 0 Å². The minimum atomic E-state index is 0.149. The molecule has 1 fully saturated rings. The predicted octanol–water partition coefficient (Wildman–Crippen LogP) is 2.35. The smallest absolute Gasteiger partial charge is 0.274 e. The topological polar surface area (TPSA) is 50.6 Å². The van der Waals surface area contributed by atoms with Crippen molar-refractivity contribution in [1.29, 1.82) is 0 Å². The quantitative estimate of drug-likeness (QED) is 0.779. The Morgan fingerprint density at radius 2 is 2.00 bits per heavy atom. The number of rotatable bonds is 6. The normalized spacial score (nSPS) is 20.9. The molecule has 0 saturated carbocycles. The van der Waals surface area contributed by atoms with Gasteiger partial charge in [-0.3, -0.25) is 9.48 Å². The number of carbonyl (C=O) groups excluding carboxylic acids is 1. The molecule has 1 aliphatic heterocycles. The highest BCUT2D eigenvalue weighted by Gasteiger charge is 2.32. The number of ether oxygens (including phenoxy) is 1. The van der Waals surface area contributed by atoms with E-state index in [1.54, 1.807) is 7.11 Å². The first-order valence-electron chi connectivity index (χ1n) is 10.2. The summed E-state index contributed by atoms with van der Waals surface area (Å²) in [6.45, 7) is 6.37. The van der Waals surface area contributed by atoms with Gasteiger partial charge in [0.1, 0.15) is 0 Å². The number of likely N-dealkylation sites (tertiary alicyclic amines) is 1. The van der Waals surface area contributed by atoms with Crippen molar-refractivity contribution in [2.75, 3.05) is 40.4 Å². The molecule has 0 aromatic carbocycles. The molecular weight excluding hydrogens is 328 g/mol. The van der Waals surface area contributed by atoms with Gasteiger partial charge in [-0.15, -0.1) is 0 Å². The first-order chi connectivity index (χ1) is 12.7. The number of aryl methyl sites for hydroxylation is 1. The van der Waals surface area contributed by atoms with Crippen LogP contribution < -0.4 is 0 Å². The van der Waals surface area contributed by atoms with Gasteiger partial charge >= 0.3 is 0 Å². The zero-order valence-electron chi connectivity index (χ0n) is 16.7. The van der Waals surface area contributed by atoms with Crippen LogP contribution in [0.5, 0.6) is 0 Å². The number of methoxy groups -OCH3 is 1. The molecule has 6 heteroatoms. The third-order valence-corrected chi connectivity index (χ3v) is 5.99. The summed E-state index contributed by atoms with van der Waals surface area (Å²) in [6.07, 6.45) is 7.75. The van der Waals surface area contributed by atoms with Gasteiger partial charge < -0.3 is 14.5 Å². The predicted molar refractivity (Wildman–Crippen MR) is 103 cm³/mol. The van der Waals surface area contributed by atoms with Crippen LogP contribution in [0.15, 0.2) is 0 Å². The average molecular weight is 363 g/mol. The Labute approximate surface area is 157 Å². The third-order valence-electron chi connectivity index (χ3n) is 5.99. The lowest BCUT2D eigenvalue weighted by atomic mass is 9.90. The second kappa shape index (κ2) is 9.00. The van der Waals surface area contributed by atoms with Crippen LogP contribution in [0.4, 0.5) is 0 Å². The van der Waals surface area contributed by atoms with E-state index in [1.165, 1.54) is 24.1 Å². The standard InChI is InChI=1S/C20H34N4O2/c1-4-24-18-10-9-16(22(2)13-14-26-3)15-17(18)19(21-24)20(25)23-11-7-5-6-8-12-23/h16H,4-15H2,1-3H3. The van der Waals surface area contributed by atoms with Crippen molar-refractivity contribution < 1.29 is 9.53 Å². The van der Waals surface area contributed by atoms with Gasteiger partial charge in [-0.25, -0.2) is 0 Å². The number of nitrogens with zero attached hydrogens (tertiary/aromatic N) is 4. The summed E-state index contributed by atoms with van der Waals surface area (Å²) < 4.78 is 7.29. The molecule has 1 atom stereocenters. The molecule has 1 aromatic rings. The molecule has 0 radical (unpaired) electrons. The van der Waals surface area contributed by atoms with Crippen molar-refractivity contribution in [3.63, 3.8) is 0 Å². The van der Waals surface area contributed by atoms with Crippen molar-refractivity contribution in [2.45, 2.75) is 64.5 Å². The van der Waals surface area contributed by atoms with E-state index in [-0.39, 0.29) is 5.91 Å². The second-order valence-electron chi connectivity index (χ2n) is 7.67. The SMILES string of the molecule is CCn1nc(C(=O)N2CCCCCC2)c2c1CCC(N(C)CCOC)C2. The van der Waals surface area contributed by atoms with E-state index >= 15 is 0 Å². The van der Waals surface area contributed by atoms with E-state index in [1.807, 2.05) is 4.90 Å². The fraction of sp³-hybridized carbons (Fsp3) is 0.800. The van der Waals surface area contributed by atoms with Crippen LogP contribution in [-0.4, -0.2) is 71.9 Å². The van der Waals surface area contributed by atoms with Gasteiger partial charge in [0.25, 0.3) is 5.91 Å². The fourth-order valence-corrected chi connectivity index (χ4v) is 4.32. The van der Waals surface area contributed by atoms with Crippen LogP contribution in [0.1, 0.15) is 60.8 Å². The van der Waals surface area contributed by atoms with E-state index in [9.17, 15) is 4.79 Å². The molecule has 1 aromatic heterocycles. The first kappa shape index (κ1) is 19.4. The Morgan fingerprint density at radius 3 is 2.65 bits per heavy atom. The average Bonchev–Trinajstić information content (AvgIpc) is 2.83. The van der Waals surface area contributed by atoms with Gasteiger partial charge in [0.15, 0.2) is 5.69 Å². The Hall–Kier alpha value is -1.40. The summed E-state index contributed by atoms with van der Waals surface area (Å²) in [5, 5.41) is 4.75. The molecule has 2 aliphatic rings. The lowest BCUT2D eigenvalue weighted by molar-refractivity contribution is 0.0752. The van der Waals surface area contributed by atoms with Crippen molar-refractivity contribution in [3.8, 4) is 0 Å². The van der Waals surface area contributed by atoms with Crippen LogP contribution in [0.2, 0.25) is 0 Å². The minimum Gasteiger partial charge on any atom is -0.383 e. The van der Waals surface area contributed by atoms with Crippen molar-refractivity contribution >= 4 is 5.91 Å². The number of hydrogen-bond donors (Lipinski definition) is 0. The highest BCUT2D eigenvalue weighted by Crippen LogP contribution is 2.28. The number of amides is 1. The van der Waals surface area contributed by atoms with Gasteiger partial charge in [-0.05, 0) is 46.1 Å². The van der Waals surface area contributed by atoms with Gasteiger partial charge in [-0.1, -0.05) is 12.8 Å². The molecular formula is C20H34N4O2. The summed E-state index contributed by atoms with van der Waals surface area (Å²) in [5.74, 6) is 0.149. The Kier molecular flexibility index (Phi) is 6.70. The van der Waals surface area contributed by atoms with Crippen LogP contribution >= 0.6 is 0 Å². The largest absolute Gasteiger partial charge is 0.383 e. The van der Waals surface area contributed by atoms with E-state index in [2.05, 4.69) is 23.6 Å². The zero-order chi connectivity index (χ0) is 18.5. The van der Waals surface area contributed by atoms with Crippen LogP contribution in [0, 0.1) is 0 Å². The molecule has 1 amide bonds. The molecule has 0 N–H and O–H groups in total. The van der Waals surface area contributed by atoms with Crippen LogP contribution in [0.3, 0.4) is 0 Å². The summed E-state index contributed by atoms with van der Waals surface area (Å²) in [4.78, 5) is 17.6. The molecule has 0 spiro atoms. The third kappa shape index (κ3) is 4.12. The fourth-order valence-electron chi connectivity index (χ4n) is 4.32. The summed E-state index contributed by atoms with van der Waals surface area (Å²) in [6, 6.07) is 0.461. The lowest BCUT2D eigenvalue weighted by Crippen LogP contribution is -2.39. The van der Waals surface area contributed by atoms with Crippen LogP contribution in [0.25, 0.3) is 0 Å². The molecule has 6 nitrogen and oxygen atoms in total. The molecule has 2 heterocycles. The Bertz CT molecular complexity index is 605.